The minimum Gasteiger partial charge on any atom is -0.326 e. The number of amides is 1. The second-order valence-corrected chi connectivity index (χ2v) is 7.41. The summed E-state index contributed by atoms with van der Waals surface area (Å²) in [5, 5.41) is 3.01. The SMILES string of the molecule is CSc1ccc(NC(=O)C(C)N2C[C@@H](N)[C@H](c3ccccc3)C2)cc1.Cl. The van der Waals surface area contributed by atoms with Crippen molar-refractivity contribution in [2.24, 2.45) is 5.73 Å². The molecule has 0 bridgehead atoms. The number of carbonyl (C=O) groups is 1. The first-order valence-electron chi connectivity index (χ1n) is 8.58. The highest BCUT2D eigenvalue weighted by Crippen LogP contribution is 2.28. The molecule has 0 aliphatic carbocycles. The topological polar surface area (TPSA) is 58.4 Å². The van der Waals surface area contributed by atoms with Gasteiger partial charge in [-0.05, 0) is 43.0 Å². The first-order chi connectivity index (χ1) is 12.1. The highest BCUT2D eigenvalue weighted by molar-refractivity contribution is 7.98. The molecule has 1 aliphatic rings. The van der Waals surface area contributed by atoms with Gasteiger partial charge in [0.15, 0.2) is 0 Å². The molecule has 26 heavy (non-hydrogen) atoms. The third-order valence-corrected chi connectivity index (χ3v) is 5.65. The number of nitrogens with one attached hydrogen (secondary N) is 1. The maximum atomic E-state index is 12.6. The van der Waals surface area contributed by atoms with E-state index in [1.807, 2.05) is 55.6 Å². The molecule has 140 valence electrons. The number of hydrogen-bond acceptors (Lipinski definition) is 4. The lowest BCUT2D eigenvalue weighted by atomic mass is 9.95. The minimum atomic E-state index is -0.208. The van der Waals surface area contributed by atoms with Crippen molar-refractivity contribution in [2.45, 2.75) is 29.8 Å². The van der Waals surface area contributed by atoms with Crippen LogP contribution in [0.5, 0.6) is 0 Å². The Morgan fingerprint density at radius 1 is 1.15 bits per heavy atom. The van der Waals surface area contributed by atoms with Gasteiger partial charge in [0.2, 0.25) is 5.91 Å². The molecular weight excluding hydrogens is 366 g/mol. The maximum Gasteiger partial charge on any atom is 0.241 e. The van der Waals surface area contributed by atoms with Gasteiger partial charge in [0.05, 0.1) is 6.04 Å². The molecular formula is C20H26ClN3OS. The van der Waals surface area contributed by atoms with Crippen LogP contribution in [-0.2, 0) is 4.79 Å². The van der Waals surface area contributed by atoms with Crippen LogP contribution in [0.1, 0.15) is 18.4 Å². The highest BCUT2D eigenvalue weighted by atomic mass is 35.5. The Hall–Kier alpha value is -1.53. The lowest BCUT2D eigenvalue weighted by Crippen LogP contribution is -2.41. The van der Waals surface area contributed by atoms with Crippen molar-refractivity contribution in [3.8, 4) is 0 Å². The van der Waals surface area contributed by atoms with Crippen LogP contribution in [0.3, 0.4) is 0 Å². The third-order valence-electron chi connectivity index (χ3n) is 4.91. The Morgan fingerprint density at radius 2 is 1.81 bits per heavy atom. The molecule has 1 fully saturated rings. The molecule has 3 atom stereocenters. The Balaban J connectivity index is 0.00000243. The van der Waals surface area contributed by atoms with E-state index in [1.54, 1.807) is 11.8 Å². The summed E-state index contributed by atoms with van der Waals surface area (Å²) in [6.07, 6.45) is 2.04. The molecule has 2 aromatic carbocycles. The zero-order valence-corrected chi connectivity index (χ0v) is 16.7. The summed E-state index contributed by atoms with van der Waals surface area (Å²) in [6, 6.07) is 18.1. The Bertz CT molecular complexity index is 711. The van der Waals surface area contributed by atoms with Gasteiger partial charge in [-0.3, -0.25) is 9.69 Å². The van der Waals surface area contributed by atoms with E-state index >= 15 is 0 Å². The fraction of sp³-hybridized carbons (Fsp3) is 0.350. The number of hydrogen-bond donors (Lipinski definition) is 2. The van der Waals surface area contributed by atoms with Crippen LogP contribution in [0, 0.1) is 0 Å². The number of likely N-dealkylation sites (tertiary alicyclic amines) is 1. The van der Waals surface area contributed by atoms with Gasteiger partial charge in [-0.1, -0.05) is 30.3 Å². The van der Waals surface area contributed by atoms with Crippen LogP contribution >= 0.6 is 24.2 Å². The third kappa shape index (κ3) is 4.80. The van der Waals surface area contributed by atoms with Gasteiger partial charge in [-0.2, -0.15) is 0 Å². The average molecular weight is 392 g/mol. The molecule has 1 amide bonds. The number of benzene rings is 2. The molecule has 0 saturated carbocycles. The molecule has 1 unspecified atom stereocenters. The van der Waals surface area contributed by atoms with E-state index in [2.05, 4.69) is 22.3 Å². The van der Waals surface area contributed by atoms with E-state index in [0.29, 0.717) is 0 Å². The molecule has 1 aliphatic heterocycles. The molecule has 3 rings (SSSR count). The summed E-state index contributed by atoms with van der Waals surface area (Å²) < 4.78 is 0. The van der Waals surface area contributed by atoms with Crippen LogP contribution in [0.4, 0.5) is 5.69 Å². The van der Waals surface area contributed by atoms with E-state index in [4.69, 9.17) is 5.73 Å². The number of rotatable bonds is 5. The van der Waals surface area contributed by atoms with Crippen LogP contribution in [-0.4, -0.2) is 42.2 Å². The fourth-order valence-corrected chi connectivity index (χ4v) is 3.72. The van der Waals surface area contributed by atoms with Crippen molar-refractivity contribution < 1.29 is 4.79 Å². The number of nitrogens with two attached hydrogens (primary N) is 1. The first-order valence-corrected chi connectivity index (χ1v) is 9.80. The Kier molecular flexibility index (Phi) is 7.53. The second kappa shape index (κ2) is 9.42. The molecule has 0 aromatic heterocycles. The van der Waals surface area contributed by atoms with E-state index in [0.717, 1.165) is 18.8 Å². The van der Waals surface area contributed by atoms with Gasteiger partial charge in [0.25, 0.3) is 0 Å². The summed E-state index contributed by atoms with van der Waals surface area (Å²) in [6.45, 7) is 3.50. The smallest absolute Gasteiger partial charge is 0.241 e. The molecule has 1 saturated heterocycles. The predicted octanol–water partition coefficient (Wildman–Crippen LogP) is 3.58. The summed E-state index contributed by atoms with van der Waals surface area (Å²) in [4.78, 5) is 16.0. The van der Waals surface area contributed by atoms with E-state index in [9.17, 15) is 4.79 Å². The van der Waals surface area contributed by atoms with E-state index in [-0.39, 0.29) is 36.3 Å². The van der Waals surface area contributed by atoms with Crippen molar-refractivity contribution in [3.05, 3.63) is 60.2 Å². The molecule has 2 aromatic rings. The molecule has 0 spiro atoms. The Labute approximate surface area is 165 Å². The van der Waals surface area contributed by atoms with E-state index in [1.165, 1.54) is 10.5 Å². The van der Waals surface area contributed by atoms with Crippen molar-refractivity contribution in [3.63, 3.8) is 0 Å². The average Bonchev–Trinajstić information content (AvgIpc) is 3.04. The van der Waals surface area contributed by atoms with Crippen LogP contribution in [0.2, 0.25) is 0 Å². The number of halogens is 1. The minimum absolute atomic E-state index is 0. The number of nitrogens with zero attached hydrogens (tertiary/aromatic N) is 1. The van der Waals surface area contributed by atoms with Crippen molar-refractivity contribution in [2.75, 3.05) is 24.7 Å². The van der Waals surface area contributed by atoms with Crippen molar-refractivity contribution in [1.29, 1.82) is 0 Å². The summed E-state index contributed by atoms with van der Waals surface area (Å²) in [5.41, 5.74) is 8.43. The van der Waals surface area contributed by atoms with Crippen LogP contribution in [0.15, 0.2) is 59.5 Å². The number of anilines is 1. The predicted molar refractivity (Wildman–Crippen MR) is 112 cm³/mol. The van der Waals surface area contributed by atoms with Gasteiger partial charge in [-0.25, -0.2) is 0 Å². The number of carbonyl (C=O) groups excluding carboxylic acids is 1. The van der Waals surface area contributed by atoms with Gasteiger partial charge < -0.3 is 11.1 Å². The van der Waals surface area contributed by atoms with Gasteiger partial charge in [0.1, 0.15) is 0 Å². The maximum absolute atomic E-state index is 12.6. The zero-order chi connectivity index (χ0) is 17.8. The quantitative estimate of drug-likeness (QED) is 0.765. The van der Waals surface area contributed by atoms with Crippen LogP contribution in [0.25, 0.3) is 0 Å². The molecule has 1 heterocycles. The Morgan fingerprint density at radius 3 is 2.42 bits per heavy atom. The summed E-state index contributed by atoms with van der Waals surface area (Å²) in [5.74, 6) is 0.287. The molecule has 3 N–H and O–H groups in total. The first kappa shape index (κ1) is 20.8. The lowest BCUT2D eigenvalue weighted by Gasteiger charge is -2.23. The lowest BCUT2D eigenvalue weighted by molar-refractivity contribution is -0.120. The molecule has 4 nitrogen and oxygen atoms in total. The van der Waals surface area contributed by atoms with Gasteiger partial charge in [0, 0.05) is 35.6 Å². The standard InChI is InChI=1S/C20H25N3OS.ClH/c1-14(20(24)22-16-8-10-17(25-2)11-9-16)23-12-18(19(21)13-23)15-6-4-3-5-7-15;/h3-11,14,18-19H,12-13,21H2,1-2H3,(H,22,24);1H/t14?,18-,19+;/m0./s1. The van der Waals surface area contributed by atoms with E-state index < -0.39 is 0 Å². The summed E-state index contributed by atoms with van der Waals surface area (Å²) in [7, 11) is 0. The monoisotopic (exact) mass is 391 g/mol. The number of thioether (sulfide) groups is 1. The highest BCUT2D eigenvalue weighted by Gasteiger charge is 2.35. The summed E-state index contributed by atoms with van der Waals surface area (Å²) >= 11 is 1.69. The zero-order valence-electron chi connectivity index (χ0n) is 15.1. The molecule has 6 heteroatoms. The van der Waals surface area contributed by atoms with Gasteiger partial charge in [-0.15, -0.1) is 24.2 Å². The van der Waals surface area contributed by atoms with Crippen molar-refractivity contribution >= 4 is 35.8 Å². The van der Waals surface area contributed by atoms with Crippen LogP contribution < -0.4 is 11.1 Å². The fourth-order valence-electron chi connectivity index (χ4n) is 3.32. The largest absolute Gasteiger partial charge is 0.326 e. The second-order valence-electron chi connectivity index (χ2n) is 6.53. The van der Waals surface area contributed by atoms with Gasteiger partial charge >= 0.3 is 0 Å². The molecule has 0 radical (unpaired) electrons. The normalized spacial score (nSPS) is 21.0. The van der Waals surface area contributed by atoms with Crippen molar-refractivity contribution in [1.82, 2.24) is 4.90 Å².